The normalized spacial score (nSPS) is 15.8. The molecule has 3 N–H and O–H groups in total. The van der Waals surface area contributed by atoms with Crippen LogP contribution in [0.3, 0.4) is 0 Å². The fourth-order valence-electron chi connectivity index (χ4n) is 6.05. The van der Waals surface area contributed by atoms with E-state index in [-0.39, 0.29) is 18.5 Å². The molecule has 1 fully saturated rings. The first kappa shape index (κ1) is 31.6. The van der Waals surface area contributed by atoms with Gasteiger partial charge in [-0.2, -0.15) is 0 Å². The van der Waals surface area contributed by atoms with Crippen molar-refractivity contribution in [3.63, 3.8) is 0 Å². The van der Waals surface area contributed by atoms with E-state index in [0.29, 0.717) is 71.1 Å². The highest BCUT2D eigenvalue weighted by Crippen LogP contribution is 2.43. The average Bonchev–Trinajstić information content (AvgIpc) is 3.49. The molecule has 46 heavy (non-hydrogen) atoms. The van der Waals surface area contributed by atoms with Crippen molar-refractivity contribution in [1.82, 2.24) is 25.5 Å². The summed E-state index contributed by atoms with van der Waals surface area (Å²) in [4.78, 5) is 33.8. The largest absolute Gasteiger partial charge is 0.496 e. The maximum Gasteiger partial charge on any atom is 0.407 e. The first-order valence-electron chi connectivity index (χ1n) is 14.9. The number of nitrogens with zero attached hydrogens (tertiary/aromatic N) is 3. The topological polar surface area (TPSA) is 126 Å². The third kappa shape index (κ3) is 6.33. The molecule has 2 aromatic carbocycles. The van der Waals surface area contributed by atoms with Gasteiger partial charge in [-0.25, -0.2) is 9.78 Å². The van der Waals surface area contributed by atoms with E-state index in [9.17, 15) is 14.7 Å². The van der Waals surface area contributed by atoms with Crippen molar-refractivity contribution in [3.05, 3.63) is 81.5 Å². The van der Waals surface area contributed by atoms with E-state index in [4.69, 9.17) is 37.7 Å². The minimum Gasteiger partial charge on any atom is -0.496 e. The van der Waals surface area contributed by atoms with Crippen LogP contribution in [0.5, 0.6) is 11.6 Å². The van der Waals surface area contributed by atoms with Gasteiger partial charge in [0.2, 0.25) is 11.8 Å². The third-order valence-electron chi connectivity index (χ3n) is 8.44. The number of methoxy groups -OCH3 is 2. The lowest BCUT2D eigenvalue weighted by Gasteiger charge is -2.28. The van der Waals surface area contributed by atoms with Crippen molar-refractivity contribution in [3.8, 4) is 45.3 Å². The Balaban J connectivity index is 1.29. The molecule has 1 atom stereocenters. The smallest absolute Gasteiger partial charge is 0.407 e. The summed E-state index contributed by atoms with van der Waals surface area (Å²) >= 11 is 14.1. The van der Waals surface area contributed by atoms with Crippen molar-refractivity contribution in [2.45, 2.75) is 38.4 Å². The number of carbonyl (C=O) groups excluding carboxylic acids is 1. The number of nitrogens with one attached hydrogen (secondary N) is 2. The number of benzene rings is 2. The minimum absolute atomic E-state index is 0.0911. The van der Waals surface area contributed by atoms with Crippen LogP contribution in [0, 0.1) is 0 Å². The van der Waals surface area contributed by atoms with Crippen molar-refractivity contribution in [2.75, 3.05) is 27.3 Å². The number of carbonyl (C=O) groups is 2. The molecular formula is C34H33Cl2N5O5. The van der Waals surface area contributed by atoms with E-state index < -0.39 is 6.09 Å². The second kappa shape index (κ2) is 13.5. The molecule has 12 heteroatoms. The van der Waals surface area contributed by atoms with Gasteiger partial charge in [-0.15, -0.1) is 0 Å². The number of carboxylic acid groups (broad SMARTS) is 1. The molecule has 6 rings (SSSR count). The first-order valence-corrected chi connectivity index (χ1v) is 15.7. The van der Waals surface area contributed by atoms with Gasteiger partial charge in [0.05, 0.1) is 42.2 Å². The molecule has 0 aliphatic carbocycles. The van der Waals surface area contributed by atoms with E-state index in [2.05, 4.69) is 15.6 Å². The van der Waals surface area contributed by atoms with E-state index in [0.717, 1.165) is 39.8 Å². The number of fused-ring (bicyclic) bond motifs is 1. The van der Waals surface area contributed by atoms with E-state index in [1.807, 2.05) is 48.5 Å². The Bertz CT molecular complexity index is 1800. The first-order chi connectivity index (χ1) is 22.3. The highest BCUT2D eigenvalue weighted by atomic mass is 35.5. The van der Waals surface area contributed by atoms with Gasteiger partial charge in [-0.3, -0.25) is 9.78 Å². The van der Waals surface area contributed by atoms with Crippen molar-refractivity contribution < 1.29 is 24.2 Å². The van der Waals surface area contributed by atoms with Crippen LogP contribution in [0.1, 0.15) is 29.5 Å². The monoisotopic (exact) mass is 661 g/mol. The molecule has 0 saturated carbocycles. The Kier molecular flexibility index (Phi) is 9.30. The second-order valence-electron chi connectivity index (χ2n) is 11.3. The standard InChI is InChI=1S/C34H33Cl2N5O5/c1-45-28-15-21(14-19-11-13-41(34(43)44)18-26(19)28)32-31(36)24(10-12-38-32)23-4-3-5-25(30(23)35)27-8-6-20(33(40-27)46-2)16-37-17-22-7-9-29(42)39-22/h3-6,8,10,12,14-15,22,37H,7,9,11,13,16-18H2,1-2H3,(H,39,42)(H,43,44)/t22-/m0/s1. The van der Waals surface area contributed by atoms with E-state index in [1.54, 1.807) is 20.4 Å². The quantitative estimate of drug-likeness (QED) is 0.193. The third-order valence-corrected chi connectivity index (χ3v) is 9.23. The lowest BCUT2D eigenvalue weighted by atomic mass is 9.94. The summed E-state index contributed by atoms with van der Waals surface area (Å²) in [5.41, 5.74) is 6.86. The Morgan fingerprint density at radius 3 is 2.61 bits per heavy atom. The second-order valence-corrected chi connectivity index (χ2v) is 12.0. The molecule has 0 unspecified atom stereocenters. The highest BCUT2D eigenvalue weighted by Gasteiger charge is 2.25. The number of aromatic nitrogens is 2. The van der Waals surface area contributed by atoms with Gasteiger partial charge in [0, 0.05) is 71.7 Å². The van der Waals surface area contributed by atoms with Gasteiger partial charge in [-0.1, -0.05) is 47.5 Å². The number of rotatable bonds is 9. The zero-order valence-corrected chi connectivity index (χ0v) is 26.9. The molecule has 2 amide bonds. The Morgan fingerprint density at radius 1 is 1.07 bits per heavy atom. The van der Waals surface area contributed by atoms with Gasteiger partial charge < -0.3 is 30.1 Å². The summed E-state index contributed by atoms with van der Waals surface area (Å²) in [6.07, 6.45) is 2.68. The molecule has 0 spiro atoms. The van der Waals surface area contributed by atoms with Crippen LogP contribution in [0.15, 0.2) is 54.7 Å². The van der Waals surface area contributed by atoms with Crippen LogP contribution >= 0.6 is 23.2 Å². The molecule has 4 aromatic rings. The van der Waals surface area contributed by atoms with Gasteiger partial charge in [0.1, 0.15) is 5.75 Å². The Labute approximate surface area is 276 Å². The molecule has 238 valence electrons. The molecular weight excluding hydrogens is 629 g/mol. The average molecular weight is 663 g/mol. The van der Waals surface area contributed by atoms with Crippen molar-refractivity contribution >= 4 is 35.2 Å². The predicted molar refractivity (Wildman–Crippen MR) is 176 cm³/mol. The number of ether oxygens (including phenoxy) is 2. The predicted octanol–water partition coefficient (Wildman–Crippen LogP) is 6.21. The van der Waals surface area contributed by atoms with Crippen LogP contribution in [0.4, 0.5) is 4.79 Å². The summed E-state index contributed by atoms with van der Waals surface area (Å²) in [6, 6.07) is 15.4. The molecule has 4 heterocycles. The van der Waals surface area contributed by atoms with Gasteiger partial charge in [0.15, 0.2) is 0 Å². The molecule has 2 aliphatic rings. The van der Waals surface area contributed by atoms with Crippen molar-refractivity contribution in [1.29, 1.82) is 0 Å². The number of hydrogen-bond acceptors (Lipinski definition) is 7. The number of halogens is 2. The summed E-state index contributed by atoms with van der Waals surface area (Å²) in [5.74, 6) is 1.16. The zero-order valence-electron chi connectivity index (χ0n) is 25.4. The summed E-state index contributed by atoms with van der Waals surface area (Å²) in [5, 5.41) is 16.7. The van der Waals surface area contributed by atoms with E-state index in [1.165, 1.54) is 4.90 Å². The lowest BCUT2D eigenvalue weighted by molar-refractivity contribution is -0.119. The number of amides is 2. The van der Waals surface area contributed by atoms with Crippen LogP contribution in [-0.2, 0) is 24.3 Å². The highest BCUT2D eigenvalue weighted by molar-refractivity contribution is 6.39. The summed E-state index contributed by atoms with van der Waals surface area (Å²) < 4.78 is 11.3. The van der Waals surface area contributed by atoms with Crippen molar-refractivity contribution in [2.24, 2.45) is 0 Å². The fourth-order valence-corrected chi connectivity index (χ4v) is 6.69. The zero-order chi connectivity index (χ0) is 32.4. The number of pyridine rings is 2. The molecule has 10 nitrogen and oxygen atoms in total. The lowest BCUT2D eigenvalue weighted by Crippen LogP contribution is -2.35. The molecule has 2 aliphatic heterocycles. The number of hydrogen-bond donors (Lipinski definition) is 3. The van der Waals surface area contributed by atoms with Crippen LogP contribution in [-0.4, -0.2) is 65.3 Å². The molecule has 0 bridgehead atoms. The SMILES string of the molecule is COc1cc(-c2nccc(-c3cccc(-c4ccc(CNC[C@@H]5CCC(=O)N5)c(OC)n4)c3Cl)c2Cl)cc2c1CN(C(=O)O)CC2. The molecule has 1 saturated heterocycles. The van der Waals surface area contributed by atoms with Crippen LogP contribution < -0.4 is 20.1 Å². The fraction of sp³-hybridized carbons (Fsp3) is 0.294. The molecule has 2 aromatic heterocycles. The van der Waals surface area contributed by atoms with Gasteiger partial charge >= 0.3 is 6.09 Å². The summed E-state index contributed by atoms with van der Waals surface area (Å²) in [7, 11) is 3.15. The Hall–Kier alpha value is -4.38. The summed E-state index contributed by atoms with van der Waals surface area (Å²) in [6.45, 7) is 1.86. The Morgan fingerprint density at radius 2 is 1.87 bits per heavy atom. The van der Waals surface area contributed by atoms with E-state index >= 15 is 0 Å². The maximum absolute atomic E-state index is 11.6. The van der Waals surface area contributed by atoms with Crippen LogP contribution in [0.25, 0.3) is 33.6 Å². The maximum atomic E-state index is 11.6. The molecule has 0 radical (unpaired) electrons. The van der Waals surface area contributed by atoms with Gasteiger partial charge in [0.25, 0.3) is 0 Å². The van der Waals surface area contributed by atoms with Gasteiger partial charge in [-0.05, 0) is 42.7 Å². The van der Waals surface area contributed by atoms with Crippen LogP contribution in [0.2, 0.25) is 10.0 Å². The minimum atomic E-state index is -0.957.